The highest BCUT2D eigenvalue weighted by molar-refractivity contribution is 7.80. The summed E-state index contributed by atoms with van der Waals surface area (Å²) in [6, 6.07) is 13.5. The SMILES string of the molecule is Cc1cccc(CCC2(NC(=S)Nc3ccc(C(F)(F)F)cc3)CCCC2)c1. The first-order valence-electron chi connectivity index (χ1n) is 9.58. The summed E-state index contributed by atoms with van der Waals surface area (Å²) in [5.74, 6) is 0. The fraction of sp³-hybridized carbons (Fsp3) is 0.409. The topological polar surface area (TPSA) is 24.1 Å². The number of anilines is 1. The summed E-state index contributed by atoms with van der Waals surface area (Å²) in [7, 11) is 0. The lowest BCUT2D eigenvalue weighted by atomic mass is 9.89. The average molecular weight is 407 g/mol. The zero-order valence-corrected chi connectivity index (χ0v) is 16.7. The van der Waals surface area contributed by atoms with Crippen molar-refractivity contribution in [1.29, 1.82) is 0 Å². The predicted molar refractivity (Wildman–Crippen MR) is 111 cm³/mol. The minimum absolute atomic E-state index is 0.0558. The highest BCUT2D eigenvalue weighted by Crippen LogP contribution is 2.34. The standard InChI is InChI=1S/C22H25F3N2S/c1-16-5-4-6-17(15-16)11-14-21(12-2-3-13-21)27-20(28)26-19-9-7-18(8-10-19)22(23,24)25/h4-10,15H,2-3,11-14H2,1H3,(H2,26,27,28). The smallest absolute Gasteiger partial charge is 0.357 e. The summed E-state index contributed by atoms with van der Waals surface area (Å²) >= 11 is 5.46. The van der Waals surface area contributed by atoms with E-state index in [9.17, 15) is 13.2 Å². The number of aryl methyl sites for hydroxylation is 2. The number of hydrogen-bond donors (Lipinski definition) is 2. The molecule has 2 N–H and O–H groups in total. The molecule has 0 unspecified atom stereocenters. The third-order valence-electron chi connectivity index (χ3n) is 5.38. The fourth-order valence-electron chi connectivity index (χ4n) is 3.89. The quantitative estimate of drug-likeness (QED) is 0.574. The van der Waals surface area contributed by atoms with Crippen molar-refractivity contribution < 1.29 is 13.2 Å². The van der Waals surface area contributed by atoms with Gasteiger partial charge in [-0.1, -0.05) is 42.7 Å². The van der Waals surface area contributed by atoms with E-state index in [4.69, 9.17) is 12.2 Å². The van der Waals surface area contributed by atoms with Crippen LogP contribution in [0.25, 0.3) is 0 Å². The van der Waals surface area contributed by atoms with Crippen LogP contribution in [-0.2, 0) is 12.6 Å². The van der Waals surface area contributed by atoms with Gasteiger partial charge in [0.1, 0.15) is 0 Å². The molecule has 28 heavy (non-hydrogen) atoms. The van der Waals surface area contributed by atoms with Gasteiger partial charge < -0.3 is 10.6 Å². The van der Waals surface area contributed by atoms with Gasteiger partial charge in [-0.25, -0.2) is 0 Å². The van der Waals surface area contributed by atoms with Crippen LogP contribution < -0.4 is 10.6 Å². The maximum atomic E-state index is 12.7. The molecule has 0 radical (unpaired) electrons. The van der Waals surface area contributed by atoms with E-state index in [0.29, 0.717) is 10.8 Å². The Morgan fingerprint density at radius 1 is 1.07 bits per heavy atom. The van der Waals surface area contributed by atoms with Gasteiger partial charge in [0.25, 0.3) is 0 Å². The van der Waals surface area contributed by atoms with Gasteiger partial charge in [0, 0.05) is 11.2 Å². The van der Waals surface area contributed by atoms with Crippen LogP contribution in [0.2, 0.25) is 0 Å². The number of rotatable bonds is 5. The average Bonchev–Trinajstić information content (AvgIpc) is 3.08. The van der Waals surface area contributed by atoms with E-state index in [1.807, 2.05) is 0 Å². The molecule has 6 heteroatoms. The maximum absolute atomic E-state index is 12.7. The van der Waals surface area contributed by atoms with Crippen molar-refractivity contribution in [1.82, 2.24) is 5.32 Å². The third-order valence-corrected chi connectivity index (χ3v) is 5.59. The van der Waals surface area contributed by atoms with Gasteiger partial charge >= 0.3 is 6.18 Å². The molecule has 3 rings (SSSR count). The van der Waals surface area contributed by atoms with Crippen molar-refractivity contribution in [3.8, 4) is 0 Å². The molecule has 0 bridgehead atoms. The number of hydrogen-bond acceptors (Lipinski definition) is 1. The molecule has 1 fully saturated rings. The molecule has 0 spiro atoms. The Balaban J connectivity index is 1.61. The summed E-state index contributed by atoms with van der Waals surface area (Å²) in [6.45, 7) is 2.09. The monoisotopic (exact) mass is 406 g/mol. The number of nitrogens with one attached hydrogen (secondary N) is 2. The van der Waals surface area contributed by atoms with Crippen molar-refractivity contribution in [3.05, 3.63) is 65.2 Å². The molecule has 2 aromatic rings. The lowest BCUT2D eigenvalue weighted by Gasteiger charge is -2.32. The Morgan fingerprint density at radius 3 is 2.36 bits per heavy atom. The summed E-state index contributed by atoms with van der Waals surface area (Å²) in [6.07, 6.45) is 2.03. The van der Waals surface area contributed by atoms with Gasteiger partial charge in [0.05, 0.1) is 5.56 Å². The predicted octanol–water partition coefficient (Wildman–Crippen LogP) is 6.25. The molecule has 0 heterocycles. The number of alkyl halides is 3. The van der Waals surface area contributed by atoms with Crippen molar-refractivity contribution in [2.45, 2.75) is 57.2 Å². The summed E-state index contributed by atoms with van der Waals surface area (Å²) in [5.41, 5.74) is 2.40. The second kappa shape index (κ2) is 8.52. The first kappa shape index (κ1) is 20.6. The van der Waals surface area contributed by atoms with E-state index in [1.54, 1.807) is 0 Å². The van der Waals surface area contributed by atoms with Crippen molar-refractivity contribution in [2.24, 2.45) is 0 Å². The Hall–Kier alpha value is -2.08. The number of benzene rings is 2. The summed E-state index contributed by atoms with van der Waals surface area (Å²) < 4.78 is 38.1. The maximum Gasteiger partial charge on any atom is 0.416 e. The lowest BCUT2D eigenvalue weighted by Crippen LogP contribution is -2.48. The Kier molecular flexibility index (Phi) is 6.28. The molecule has 1 aliphatic carbocycles. The summed E-state index contributed by atoms with van der Waals surface area (Å²) in [4.78, 5) is 0. The molecular formula is C22H25F3N2S. The minimum Gasteiger partial charge on any atom is -0.357 e. The van der Waals surface area contributed by atoms with E-state index in [2.05, 4.69) is 41.8 Å². The van der Waals surface area contributed by atoms with Gasteiger partial charge in [0.15, 0.2) is 5.11 Å². The zero-order valence-electron chi connectivity index (χ0n) is 15.9. The van der Waals surface area contributed by atoms with Crippen LogP contribution in [0.15, 0.2) is 48.5 Å². The van der Waals surface area contributed by atoms with Crippen molar-refractivity contribution >= 4 is 23.0 Å². The van der Waals surface area contributed by atoms with E-state index in [-0.39, 0.29) is 5.54 Å². The molecule has 0 saturated heterocycles. The molecular weight excluding hydrogens is 381 g/mol. The first-order chi connectivity index (χ1) is 13.3. The molecule has 0 aliphatic heterocycles. The van der Waals surface area contributed by atoms with Crippen molar-refractivity contribution in [2.75, 3.05) is 5.32 Å². The van der Waals surface area contributed by atoms with E-state index >= 15 is 0 Å². The van der Waals surface area contributed by atoms with Gasteiger partial charge in [-0.3, -0.25) is 0 Å². The molecule has 1 aliphatic rings. The van der Waals surface area contributed by atoms with E-state index in [0.717, 1.165) is 50.7 Å². The van der Waals surface area contributed by atoms with Gasteiger partial charge in [-0.15, -0.1) is 0 Å². The first-order valence-corrected chi connectivity index (χ1v) is 9.99. The Bertz CT molecular complexity index is 809. The summed E-state index contributed by atoms with van der Waals surface area (Å²) in [5, 5.41) is 6.96. The van der Waals surface area contributed by atoms with Crippen LogP contribution in [0, 0.1) is 6.92 Å². The van der Waals surface area contributed by atoms with Crippen molar-refractivity contribution in [3.63, 3.8) is 0 Å². The zero-order chi connectivity index (χ0) is 20.2. The van der Waals surface area contributed by atoms with Gasteiger partial charge in [-0.2, -0.15) is 13.2 Å². The third kappa shape index (κ3) is 5.47. The van der Waals surface area contributed by atoms with Gasteiger partial charge in [0.2, 0.25) is 0 Å². The molecule has 0 amide bonds. The molecule has 0 atom stereocenters. The van der Waals surface area contributed by atoms with Crippen LogP contribution in [0.4, 0.5) is 18.9 Å². The molecule has 1 saturated carbocycles. The van der Waals surface area contributed by atoms with Gasteiger partial charge in [-0.05, 0) is 74.7 Å². The molecule has 2 aromatic carbocycles. The van der Waals surface area contributed by atoms with E-state index in [1.165, 1.54) is 23.3 Å². The second-order valence-electron chi connectivity index (χ2n) is 7.63. The molecule has 2 nitrogen and oxygen atoms in total. The number of halogens is 3. The molecule has 150 valence electrons. The minimum atomic E-state index is -4.33. The second-order valence-corrected chi connectivity index (χ2v) is 8.04. The van der Waals surface area contributed by atoms with Crippen LogP contribution in [-0.4, -0.2) is 10.7 Å². The number of thiocarbonyl (C=S) groups is 1. The fourth-order valence-corrected chi connectivity index (χ4v) is 4.22. The van der Waals surface area contributed by atoms with E-state index < -0.39 is 11.7 Å². The van der Waals surface area contributed by atoms with Crippen LogP contribution in [0.5, 0.6) is 0 Å². The van der Waals surface area contributed by atoms with Crippen LogP contribution >= 0.6 is 12.2 Å². The lowest BCUT2D eigenvalue weighted by molar-refractivity contribution is -0.137. The highest BCUT2D eigenvalue weighted by atomic mass is 32.1. The van der Waals surface area contributed by atoms with Crippen LogP contribution in [0.3, 0.4) is 0 Å². The van der Waals surface area contributed by atoms with Crippen LogP contribution in [0.1, 0.15) is 48.8 Å². The normalized spacial score (nSPS) is 16.0. The largest absolute Gasteiger partial charge is 0.416 e. The Morgan fingerprint density at radius 2 is 1.75 bits per heavy atom. The highest BCUT2D eigenvalue weighted by Gasteiger charge is 2.34. The molecule has 0 aromatic heterocycles. The Labute approximate surface area is 169 Å².